The van der Waals surface area contributed by atoms with Crippen LogP contribution in [0.2, 0.25) is 0 Å². The highest BCUT2D eigenvalue weighted by Crippen LogP contribution is 2.05. The number of hydrogen-bond acceptors (Lipinski definition) is 9. The number of hydrogen-bond donors (Lipinski definition) is 8. The fourth-order valence-electron chi connectivity index (χ4n) is 2.66. The molecule has 0 aliphatic rings. The minimum atomic E-state index is -1.52. The molecule has 0 heterocycles. The molecule has 0 bridgehead atoms. The van der Waals surface area contributed by atoms with Gasteiger partial charge < -0.3 is 42.7 Å². The van der Waals surface area contributed by atoms with E-state index in [-0.39, 0.29) is 12.8 Å². The van der Waals surface area contributed by atoms with Crippen molar-refractivity contribution in [3.8, 4) is 0 Å². The zero-order valence-electron chi connectivity index (χ0n) is 19.0. The first-order valence-electron chi connectivity index (χ1n) is 10.4. The Balaban J connectivity index is 5.47. The number of primary amides is 1. The zero-order chi connectivity index (χ0) is 26.4. The van der Waals surface area contributed by atoms with Gasteiger partial charge in [-0.2, -0.15) is 11.8 Å². The highest BCUT2D eigenvalue weighted by Gasteiger charge is 2.32. The van der Waals surface area contributed by atoms with Crippen LogP contribution in [0, 0.1) is 0 Å². The summed E-state index contributed by atoms with van der Waals surface area (Å²) < 4.78 is 0. The van der Waals surface area contributed by atoms with Gasteiger partial charge in [0.1, 0.15) is 18.1 Å². The Hall–Kier alpha value is -2.91. The highest BCUT2D eigenvalue weighted by atomic mass is 32.2. The van der Waals surface area contributed by atoms with Crippen molar-refractivity contribution in [2.75, 3.05) is 12.0 Å². The van der Waals surface area contributed by atoms with Crippen molar-refractivity contribution in [1.29, 1.82) is 0 Å². The standard InChI is InChI=1S/C19H33N5O9S/c1-9(25)15(24-16(29)10(20)7-8-34-2)18(31)22-11(4-6-14(27)28)17(30)23-12(19(32)33)3-5-13(21)26/h9-12,15,25H,3-8,20H2,1-2H3,(H2,21,26)(H,22,31)(H,23,30)(H,24,29)(H,27,28)(H,32,33). The van der Waals surface area contributed by atoms with Gasteiger partial charge in [0, 0.05) is 12.8 Å². The number of nitrogens with one attached hydrogen (secondary N) is 3. The average molecular weight is 508 g/mol. The van der Waals surface area contributed by atoms with E-state index >= 15 is 0 Å². The van der Waals surface area contributed by atoms with E-state index in [1.807, 2.05) is 6.26 Å². The summed E-state index contributed by atoms with van der Waals surface area (Å²) in [5, 5.41) is 34.8. The fourth-order valence-corrected chi connectivity index (χ4v) is 3.15. The van der Waals surface area contributed by atoms with Gasteiger partial charge in [0.25, 0.3) is 0 Å². The van der Waals surface area contributed by atoms with Crippen molar-refractivity contribution < 1.29 is 44.1 Å². The van der Waals surface area contributed by atoms with Gasteiger partial charge in [-0.25, -0.2) is 4.79 Å². The van der Waals surface area contributed by atoms with Crippen LogP contribution < -0.4 is 27.4 Å². The second-order valence-electron chi connectivity index (χ2n) is 7.51. The number of aliphatic hydroxyl groups excluding tert-OH is 1. The van der Waals surface area contributed by atoms with Crippen LogP contribution >= 0.6 is 11.8 Å². The van der Waals surface area contributed by atoms with Crippen molar-refractivity contribution in [2.45, 2.75) is 69.3 Å². The van der Waals surface area contributed by atoms with E-state index in [0.29, 0.717) is 12.2 Å². The Kier molecular flexibility index (Phi) is 14.5. The molecule has 10 N–H and O–H groups in total. The summed E-state index contributed by atoms with van der Waals surface area (Å²) in [6.45, 7) is 1.22. The fraction of sp³-hybridized carbons (Fsp3) is 0.684. The molecule has 0 aliphatic heterocycles. The van der Waals surface area contributed by atoms with E-state index in [1.54, 1.807) is 0 Å². The molecule has 34 heavy (non-hydrogen) atoms. The monoisotopic (exact) mass is 507 g/mol. The van der Waals surface area contributed by atoms with E-state index in [2.05, 4.69) is 16.0 Å². The molecule has 15 heteroatoms. The smallest absolute Gasteiger partial charge is 0.326 e. The molecule has 0 fully saturated rings. The molecular weight excluding hydrogens is 474 g/mol. The van der Waals surface area contributed by atoms with Gasteiger partial charge in [-0.15, -0.1) is 0 Å². The Bertz CT molecular complexity index is 750. The normalized spacial score (nSPS) is 15.2. The van der Waals surface area contributed by atoms with E-state index in [4.69, 9.17) is 16.6 Å². The predicted molar refractivity (Wildman–Crippen MR) is 121 cm³/mol. The summed E-state index contributed by atoms with van der Waals surface area (Å²) in [4.78, 5) is 70.9. The van der Waals surface area contributed by atoms with Crippen molar-refractivity contribution in [3.05, 3.63) is 0 Å². The van der Waals surface area contributed by atoms with Crippen LogP contribution in [0.4, 0.5) is 0 Å². The molecule has 0 radical (unpaired) electrons. The van der Waals surface area contributed by atoms with E-state index in [1.165, 1.54) is 18.7 Å². The second-order valence-corrected chi connectivity index (χ2v) is 8.50. The third kappa shape index (κ3) is 12.4. The molecule has 0 aromatic rings. The maximum absolute atomic E-state index is 12.7. The molecule has 14 nitrogen and oxygen atoms in total. The van der Waals surface area contributed by atoms with Gasteiger partial charge in [-0.3, -0.25) is 24.0 Å². The van der Waals surface area contributed by atoms with Gasteiger partial charge >= 0.3 is 11.9 Å². The third-order valence-corrected chi connectivity index (χ3v) is 5.25. The van der Waals surface area contributed by atoms with Crippen molar-refractivity contribution in [2.24, 2.45) is 11.5 Å². The van der Waals surface area contributed by atoms with E-state index in [0.717, 1.165) is 0 Å². The zero-order valence-corrected chi connectivity index (χ0v) is 19.8. The molecule has 0 aliphatic carbocycles. The predicted octanol–water partition coefficient (Wildman–Crippen LogP) is -2.88. The molecule has 0 aromatic heterocycles. The Morgan fingerprint density at radius 2 is 1.41 bits per heavy atom. The summed E-state index contributed by atoms with van der Waals surface area (Å²) in [5.41, 5.74) is 10.8. The van der Waals surface area contributed by atoms with E-state index < -0.39 is 78.7 Å². The van der Waals surface area contributed by atoms with Crippen molar-refractivity contribution >= 4 is 47.3 Å². The highest BCUT2D eigenvalue weighted by molar-refractivity contribution is 7.98. The lowest BCUT2D eigenvalue weighted by atomic mass is 10.1. The van der Waals surface area contributed by atoms with Gasteiger partial charge in [-0.1, -0.05) is 0 Å². The number of aliphatic carboxylic acids is 2. The molecular formula is C19H33N5O9S. The molecule has 0 aromatic carbocycles. The molecule has 5 atom stereocenters. The van der Waals surface area contributed by atoms with Crippen LogP contribution in [-0.2, 0) is 28.8 Å². The Labute approximate surface area is 200 Å². The van der Waals surface area contributed by atoms with E-state index in [9.17, 15) is 39.0 Å². The van der Waals surface area contributed by atoms with Crippen LogP contribution in [-0.4, -0.2) is 93.2 Å². The van der Waals surface area contributed by atoms with Crippen LogP contribution in [0.5, 0.6) is 0 Å². The number of carboxylic acid groups (broad SMARTS) is 2. The van der Waals surface area contributed by atoms with Crippen molar-refractivity contribution in [3.63, 3.8) is 0 Å². The number of aliphatic hydroxyl groups is 1. The molecule has 0 saturated carbocycles. The van der Waals surface area contributed by atoms with Gasteiger partial charge in [0.05, 0.1) is 12.1 Å². The molecule has 5 unspecified atom stereocenters. The third-order valence-electron chi connectivity index (χ3n) is 4.61. The lowest BCUT2D eigenvalue weighted by molar-refractivity contribution is -0.143. The summed E-state index contributed by atoms with van der Waals surface area (Å²) in [7, 11) is 0. The summed E-state index contributed by atoms with van der Waals surface area (Å²) in [6, 6.07) is -5.50. The van der Waals surface area contributed by atoms with Crippen LogP contribution in [0.15, 0.2) is 0 Å². The number of thioether (sulfide) groups is 1. The number of carbonyl (C=O) groups is 6. The SMILES string of the molecule is CSCCC(N)C(=O)NC(C(=O)NC(CCC(=O)O)C(=O)NC(CCC(N)=O)C(=O)O)C(C)O. The average Bonchev–Trinajstić information content (AvgIpc) is 2.74. The quantitative estimate of drug-likeness (QED) is 0.0992. The Morgan fingerprint density at radius 3 is 1.88 bits per heavy atom. The van der Waals surface area contributed by atoms with Crippen molar-refractivity contribution in [1.82, 2.24) is 16.0 Å². The molecule has 4 amide bonds. The molecule has 0 spiro atoms. The second kappa shape index (κ2) is 15.8. The minimum Gasteiger partial charge on any atom is -0.481 e. The first-order chi connectivity index (χ1) is 15.8. The summed E-state index contributed by atoms with van der Waals surface area (Å²) in [5.74, 6) is -5.70. The number of rotatable bonds is 17. The minimum absolute atomic E-state index is 0.312. The number of carboxylic acids is 2. The lowest BCUT2D eigenvalue weighted by Gasteiger charge is -2.26. The lowest BCUT2D eigenvalue weighted by Crippen LogP contribution is -2.59. The summed E-state index contributed by atoms with van der Waals surface area (Å²) in [6.07, 6.45) is -0.894. The Morgan fingerprint density at radius 1 is 0.853 bits per heavy atom. The number of carbonyl (C=O) groups excluding carboxylic acids is 4. The first kappa shape index (κ1) is 31.1. The van der Waals surface area contributed by atoms with Crippen LogP contribution in [0.25, 0.3) is 0 Å². The topological polar surface area (TPSA) is 251 Å². The number of nitrogens with two attached hydrogens (primary N) is 2. The maximum Gasteiger partial charge on any atom is 0.326 e. The maximum atomic E-state index is 12.7. The first-order valence-corrected chi connectivity index (χ1v) is 11.8. The molecule has 0 rings (SSSR count). The largest absolute Gasteiger partial charge is 0.481 e. The van der Waals surface area contributed by atoms with Crippen LogP contribution in [0.3, 0.4) is 0 Å². The molecule has 0 saturated heterocycles. The molecule has 194 valence electrons. The summed E-state index contributed by atoms with van der Waals surface area (Å²) >= 11 is 1.46. The van der Waals surface area contributed by atoms with Gasteiger partial charge in [0.2, 0.25) is 23.6 Å². The van der Waals surface area contributed by atoms with Gasteiger partial charge in [0.15, 0.2) is 0 Å². The van der Waals surface area contributed by atoms with Gasteiger partial charge in [-0.05, 0) is 38.2 Å². The number of amides is 4. The van der Waals surface area contributed by atoms with Crippen LogP contribution in [0.1, 0.15) is 39.0 Å².